The van der Waals surface area contributed by atoms with Gasteiger partial charge in [-0.25, -0.2) is 4.39 Å². The topological polar surface area (TPSA) is 35.2 Å². The van der Waals surface area contributed by atoms with Gasteiger partial charge in [-0.2, -0.15) is 0 Å². The quantitative estimate of drug-likeness (QED) is 0.894. The summed E-state index contributed by atoms with van der Waals surface area (Å²) in [5.74, 6) is 0.825. The maximum Gasteiger partial charge on any atom is 0.137 e. The van der Waals surface area contributed by atoms with E-state index in [1.54, 1.807) is 12.1 Å². The molecule has 0 spiro atoms. The van der Waals surface area contributed by atoms with Gasteiger partial charge in [-0.05, 0) is 51.7 Å². The second-order valence-electron chi connectivity index (χ2n) is 4.98. The van der Waals surface area contributed by atoms with E-state index >= 15 is 0 Å². The Morgan fingerprint density at radius 3 is 2.85 bits per heavy atom. The summed E-state index contributed by atoms with van der Waals surface area (Å²) in [6.45, 7) is 0.664. The summed E-state index contributed by atoms with van der Waals surface area (Å²) in [4.78, 5) is 0. The molecule has 0 aliphatic carbocycles. The molecule has 0 saturated carbocycles. The maximum absolute atomic E-state index is 13.3. The van der Waals surface area contributed by atoms with Crippen LogP contribution in [0.4, 0.5) is 4.39 Å². The Morgan fingerprint density at radius 1 is 1.25 bits per heavy atom. The molecule has 104 valence electrons. The van der Waals surface area contributed by atoms with E-state index in [4.69, 9.17) is 10.5 Å². The van der Waals surface area contributed by atoms with E-state index in [2.05, 4.69) is 22.0 Å². The maximum atomic E-state index is 13.3. The highest BCUT2D eigenvalue weighted by atomic mass is 79.9. The number of para-hydroxylation sites is 1. The molecular formula is C16H15BrFNO. The van der Waals surface area contributed by atoms with Crippen LogP contribution in [0.5, 0.6) is 5.75 Å². The Hall–Kier alpha value is -1.39. The first-order valence-electron chi connectivity index (χ1n) is 6.59. The Kier molecular flexibility index (Phi) is 3.76. The van der Waals surface area contributed by atoms with Crippen molar-refractivity contribution in [2.45, 2.75) is 18.4 Å². The molecule has 3 rings (SSSR count). The third kappa shape index (κ3) is 2.45. The van der Waals surface area contributed by atoms with Gasteiger partial charge in [0.15, 0.2) is 0 Å². The lowest BCUT2D eigenvalue weighted by molar-refractivity contribution is 0.255. The van der Waals surface area contributed by atoms with Crippen molar-refractivity contribution in [3.8, 4) is 5.75 Å². The number of nitrogens with two attached hydrogens (primary N) is 1. The number of benzene rings is 2. The van der Waals surface area contributed by atoms with Crippen molar-refractivity contribution in [1.82, 2.24) is 0 Å². The molecule has 1 aliphatic rings. The summed E-state index contributed by atoms with van der Waals surface area (Å²) in [5, 5.41) is 0. The minimum Gasteiger partial charge on any atom is -0.493 e. The summed E-state index contributed by atoms with van der Waals surface area (Å²) in [6.07, 6.45) is 0.868. The molecule has 2 atom stereocenters. The van der Waals surface area contributed by atoms with Crippen LogP contribution < -0.4 is 10.5 Å². The predicted octanol–water partition coefficient (Wildman–Crippen LogP) is 4.15. The van der Waals surface area contributed by atoms with Gasteiger partial charge >= 0.3 is 0 Å². The first kappa shape index (κ1) is 13.6. The number of hydrogen-bond acceptors (Lipinski definition) is 2. The zero-order valence-corrected chi connectivity index (χ0v) is 12.4. The van der Waals surface area contributed by atoms with Crippen molar-refractivity contribution < 1.29 is 9.13 Å². The highest BCUT2D eigenvalue weighted by molar-refractivity contribution is 9.10. The Morgan fingerprint density at radius 2 is 2.05 bits per heavy atom. The van der Waals surface area contributed by atoms with E-state index in [9.17, 15) is 4.39 Å². The van der Waals surface area contributed by atoms with Gasteiger partial charge in [0.25, 0.3) is 0 Å². The first-order valence-corrected chi connectivity index (χ1v) is 7.38. The number of halogens is 2. The summed E-state index contributed by atoms with van der Waals surface area (Å²) >= 11 is 3.21. The minimum absolute atomic E-state index is 0.169. The van der Waals surface area contributed by atoms with Crippen LogP contribution >= 0.6 is 15.9 Å². The van der Waals surface area contributed by atoms with Crippen molar-refractivity contribution in [2.75, 3.05) is 6.61 Å². The Labute approximate surface area is 125 Å². The molecular weight excluding hydrogens is 321 g/mol. The van der Waals surface area contributed by atoms with E-state index in [0.29, 0.717) is 11.1 Å². The van der Waals surface area contributed by atoms with Crippen molar-refractivity contribution in [2.24, 2.45) is 5.73 Å². The Bertz CT molecular complexity index is 632. The third-order valence-corrected chi connectivity index (χ3v) is 4.37. The van der Waals surface area contributed by atoms with Gasteiger partial charge in [0.2, 0.25) is 0 Å². The molecule has 20 heavy (non-hydrogen) atoms. The summed E-state index contributed by atoms with van der Waals surface area (Å²) < 4.78 is 19.4. The molecule has 1 aliphatic heterocycles. The molecule has 0 amide bonds. The van der Waals surface area contributed by atoms with Crippen molar-refractivity contribution in [3.63, 3.8) is 0 Å². The van der Waals surface area contributed by atoms with Crippen molar-refractivity contribution in [3.05, 3.63) is 63.9 Å². The molecule has 2 aromatic carbocycles. The van der Waals surface area contributed by atoms with E-state index in [-0.39, 0.29) is 17.8 Å². The predicted molar refractivity (Wildman–Crippen MR) is 80.3 cm³/mol. The lowest BCUT2D eigenvalue weighted by Gasteiger charge is -2.30. The smallest absolute Gasteiger partial charge is 0.137 e. The Balaban J connectivity index is 1.95. The van der Waals surface area contributed by atoms with Crippen LogP contribution in [0, 0.1) is 5.82 Å². The van der Waals surface area contributed by atoms with Crippen LogP contribution in [-0.4, -0.2) is 6.61 Å². The molecule has 4 heteroatoms. The average Bonchev–Trinajstić information content (AvgIpc) is 2.49. The number of fused-ring (bicyclic) bond motifs is 1. The molecule has 0 aromatic heterocycles. The van der Waals surface area contributed by atoms with E-state index < -0.39 is 0 Å². The van der Waals surface area contributed by atoms with Gasteiger partial charge in [-0.3, -0.25) is 0 Å². The number of ether oxygens (including phenoxy) is 1. The van der Waals surface area contributed by atoms with Gasteiger partial charge in [0.05, 0.1) is 11.1 Å². The zero-order chi connectivity index (χ0) is 14.1. The standard InChI is InChI=1S/C16H15BrFNO/c17-13-9-10(5-6-14(13)18)16(19)12-7-8-20-15-4-2-1-3-11(12)15/h1-6,9,12,16H,7-8,19H2. The lowest BCUT2D eigenvalue weighted by atomic mass is 9.84. The first-order chi connectivity index (χ1) is 9.66. The summed E-state index contributed by atoms with van der Waals surface area (Å²) in [7, 11) is 0. The van der Waals surface area contributed by atoms with Crippen LogP contribution in [0.1, 0.15) is 29.5 Å². The van der Waals surface area contributed by atoms with Gasteiger partial charge < -0.3 is 10.5 Å². The highest BCUT2D eigenvalue weighted by Gasteiger charge is 2.27. The van der Waals surface area contributed by atoms with E-state index in [0.717, 1.165) is 23.3 Å². The zero-order valence-electron chi connectivity index (χ0n) is 10.9. The number of rotatable bonds is 2. The van der Waals surface area contributed by atoms with E-state index in [1.807, 2.05) is 18.2 Å². The molecule has 2 aromatic rings. The fourth-order valence-corrected chi connectivity index (χ4v) is 3.09. The molecule has 2 unspecified atom stereocenters. The summed E-state index contributed by atoms with van der Waals surface area (Å²) in [5.41, 5.74) is 8.47. The lowest BCUT2D eigenvalue weighted by Crippen LogP contribution is -2.25. The fourth-order valence-electron chi connectivity index (χ4n) is 2.69. The molecule has 0 radical (unpaired) electrons. The molecule has 0 fully saturated rings. The van der Waals surface area contributed by atoms with Crippen LogP contribution in [0.15, 0.2) is 46.9 Å². The van der Waals surface area contributed by atoms with Crippen molar-refractivity contribution >= 4 is 15.9 Å². The molecule has 2 nitrogen and oxygen atoms in total. The van der Waals surface area contributed by atoms with Crippen LogP contribution in [0.25, 0.3) is 0 Å². The van der Waals surface area contributed by atoms with Crippen molar-refractivity contribution in [1.29, 1.82) is 0 Å². The highest BCUT2D eigenvalue weighted by Crippen LogP contribution is 2.40. The molecule has 0 bridgehead atoms. The monoisotopic (exact) mass is 335 g/mol. The van der Waals surface area contributed by atoms with Crippen LogP contribution in [-0.2, 0) is 0 Å². The van der Waals surface area contributed by atoms with Crippen LogP contribution in [0.2, 0.25) is 0 Å². The van der Waals surface area contributed by atoms with Gasteiger partial charge in [0.1, 0.15) is 11.6 Å². The van der Waals surface area contributed by atoms with E-state index in [1.165, 1.54) is 6.07 Å². The summed E-state index contributed by atoms with van der Waals surface area (Å²) in [6, 6.07) is 12.8. The molecule has 0 saturated heterocycles. The molecule has 2 N–H and O–H groups in total. The van der Waals surface area contributed by atoms with Gasteiger partial charge in [-0.15, -0.1) is 0 Å². The SMILES string of the molecule is NC(c1ccc(F)c(Br)c1)C1CCOc2ccccc21. The fraction of sp³-hybridized carbons (Fsp3) is 0.250. The second-order valence-corrected chi connectivity index (χ2v) is 5.84. The van der Waals surface area contributed by atoms with Crippen LogP contribution in [0.3, 0.4) is 0 Å². The third-order valence-electron chi connectivity index (χ3n) is 3.77. The average molecular weight is 336 g/mol. The normalized spacial score (nSPS) is 19.1. The largest absolute Gasteiger partial charge is 0.493 e. The molecule has 1 heterocycles. The van der Waals surface area contributed by atoms with Gasteiger partial charge in [0, 0.05) is 12.0 Å². The second kappa shape index (κ2) is 5.54. The number of hydrogen-bond donors (Lipinski definition) is 1. The minimum atomic E-state index is -0.270. The van der Waals surface area contributed by atoms with Gasteiger partial charge in [-0.1, -0.05) is 24.3 Å².